The van der Waals surface area contributed by atoms with Crippen molar-refractivity contribution in [3.8, 4) is 11.1 Å². The summed E-state index contributed by atoms with van der Waals surface area (Å²) in [6, 6.07) is 19.5. The second kappa shape index (κ2) is 6.91. The van der Waals surface area contributed by atoms with E-state index in [0.29, 0.717) is 5.92 Å². The molecule has 0 bridgehead atoms. The van der Waals surface area contributed by atoms with E-state index in [4.69, 9.17) is 0 Å². The lowest BCUT2D eigenvalue weighted by molar-refractivity contribution is 0.414. The molecule has 0 amide bonds. The molecule has 2 aromatic carbocycles. The molecular weight excluding hydrogens is 254 g/mol. The standard InChI is InChI=1S/C20H27N/c1-16(14-15-21-20(2,3)4)18-12-8-9-13-19(18)17-10-6-5-7-11-17/h5-13,16,21H,14-15H2,1-4H3. The lowest BCUT2D eigenvalue weighted by atomic mass is 9.89. The average Bonchev–Trinajstić information content (AvgIpc) is 2.47. The minimum atomic E-state index is 0.193. The molecule has 21 heavy (non-hydrogen) atoms. The maximum Gasteiger partial charge on any atom is 0.00965 e. The molecule has 0 saturated carbocycles. The SMILES string of the molecule is CC(CCNC(C)(C)C)c1ccccc1-c1ccccc1. The number of rotatable bonds is 5. The minimum Gasteiger partial charge on any atom is -0.312 e. The van der Waals surface area contributed by atoms with Crippen LogP contribution in [-0.4, -0.2) is 12.1 Å². The molecule has 0 saturated heterocycles. The fourth-order valence-electron chi connectivity index (χ4n) is 2.63. The second-order valence-corrected chi connectivity index (χ2v) is 6.82. The van der Waals surface area contributed by atoms with Gasteiger partial charge in [0.1, 0.15) is 0 Å². The Labute approximate surface area is 129 Å². The van der Waals surface area contributed by atoms with Gasteiger partial charge in [0.05, 0.1) is 0 Å². The second-order valence-electron chi connectivity index (χ2n) is 6.82. The van der Waals surface area contributed by atoms with E-state index in [1.54, 1.807) is 0 Å². The van der Waals surface area contributed by atoms with Crippen LogP contribution in [0.3, 0.4) is 0 Å². The van der Waals surface area contributed by atoms with Gasteiger partial charge in [-0.2, -0.15) is 0 Å². The van der Waals surface area contributed by atoms with Gasteiger partial charge in [0, 0.05) is 5.54 Å². The summed E-state index contributed by atoms with van der Waals surface area (Å²) in [4.78, 5) is 0. The van der Waals surface area contributed by atoms with Crippen LogP contribution in [0.5, 0.6) is 0 Å². The van der Waals surface area contributed by atoms with Crippen molar-refractivity contribution >= 4 is 0 Å². The zero-order chi connectivity index (χ0) is 15.3. The summed E-state index contributed by atoms with van der Waals surface area (Å²) in [5.74, 6) is 0.552. The van der Waals surface area contributed by atoms with Crippen LogP contribution in [0.15, 0.2) is 54.6 Å². The van der Waals surface area contributed by atoms with E-state index >= 15 is 0 Å². The van der Waals surface area contributed by atoms with Crippen molar-refractivity contribution in [2.24, 2.45) is 0 Å². The molecule has 1 atom stereocenters. The molecule has 112 valence electrons. The van der Waals surface area contributed by atoms with Gasteiger partial charge in [0.25, 0.3) is 0 Å². The zero-order valence-corrected chi connectivity index (χ0v) is 13.7. The largest absolute Gasteiger partial charge is 0.312 e. The van der Waals surface area contributed by atoms with Crippen molar-refractivity contribution in [1.82, 2.24) is 5.32 Å². The molecule has 0 aromatic heterocycles. The fourth-order valence-corrected chi connectivity index (χ4v) is 2.63. The monoisotopic (exact) mass is 281 g/mol. The third kappa shape index (κ3) is 4.71. The Hall–Kier alpha value is -1.60. The molecule has 0 radical (unpaired) electrons. The Morgan fingerprint density at radius 1 is 0.905 bits per heavy atom. The van der Waals surface area contributed by atoms with Gasteiger partial charge < -0.3 is 5.32 Å². The molecule has 0 aliphatic carbocycles. The van der Waals surface area contributed by atoms with E-state index in [9.17, 15) is 0 Å². The van der Waals surface area contributed by atoms with Gasteiger partial charge in [0.15, 0.2) is 0 Å². The molecule has 1 heteroatoms. The van der Waals surface area contributed by atoms with Crippen molar-refractivity contribution < 1.29 is 0 Å². The van der Waals surface area contributed by atoms with Crippen molar-refractivity contribution in [1.29, 1.82) is 0 Å². The highest BCUT2D eigenvalue weighted by Crippen LogP contribution is 2.30. The van der Waals surface area contributed by atoms with Gasteiger partial charge in [-0.25, -0.2) is 0 Å². The van der Waals surface area contributed by atoms with Crippen LogP contribution in [0.4, 0.5) is 0 Å². The Balaban J connectivity index is 2.13. The summed E-state index contributed by atoms with van der Waals surface area (Å²) < 4.78 is 0. The highest BCUT2D eigenvalue weighted by molar-refractivity contribution is 5.67. The number of nitrogens with one attached hydrogen (secondary N) is 1. The maximum absolute atomic E-state index is 3.58. The summed E-state index contributed by atoms with van der Waals surface area (Å²) >= 11 is 0. The lowest BCUT2D eigenvalue weighted by Crippen LogP contribution is -2.36. The Morgan fingerprint density at radius 2 is 1.52 bits per heavy atom. The van der Waals surface area contributed by atoms with Gasteiger partial charge in [0.2, 0.25) is 0 Å². The molecule has 1 nitrogen and oxygen atoms in total. The summed E-state index contributed by atoms with van der Waals surface area (Å²) in [7, 11) is 0. The third-order valence-electron chi connectivity index (χ3n) is 3.81. The fraction of sp³-hybridized carbons (Fsp3) is 0.400. The Kier molecular flexibility index (Phi) is 5.19. The number of benzene rings is 2. The van der Waals surface area contributed by atoms with Crippen LogP contribution in [0, 0.1) is 0 Å². The molecule has 0 heterocycles. The van der Waals surface area contributed by atoms with Crippen molar-refractivity contribution in [3.63, 3.8) is 0 Å². The first kappa shape index (κ1) is 15.8. The van der Waals surface area contributed by atoms with Crippen molar-refractivity contribution in [3.05, 3.63) is 60.2 Å². The van der Waals surface area contributed by atoms with Crippen LogP contribution in [0.1, 0.15) is 45.6 Å². The van der Waals surface area contributed by atoms with Crippen LogP contribution >= 0.6 is 0 Å². The van der Waals surface area contributed by atoms with Gasteiger partial charge >= 0.3 is 0 Å². The zero-order valence-electron chi connectivity index (χ0n) is 13.7. The average molecular weight is 281 g/mol. The quantitative estimate of drug-likeness (QED) is 0.790. The molecule has 1 unspecified atom stereocenters. The van der Waals surface area contributed by atoms with Crippen LogP contribution < -0.4 is 5.32 Å². The molecule has 2 aromatic rings. The molecule has 0 aliphatic heterocycles. The van der Waals surface area contributed by atoms with Gasteiger partial charge in [-0.05, 0) is 56.3 Å². The third-order valence-corrected chi connectivity index (χ3v) is 3.81. The predicted molar refractivity (Wildman–Crippen MR) is 92.7 cm³/mol. The summed E-state index contributed by atoms with van der Waals surface area (Å²) in [5.41, 5.74) is 4.31. The first-order valence-corrected chi connectivity index (χ1v) is 7.87. The highest BCUT2D eigenvalue weighted by atomic mass is 14.9. The smallest absolute Gasteiger partial charge is 0.00965 e. The van der Waals surface area contributed by atoms with E-state index in [1.165, 1.54) is 16.7 Å². The van der Waals surface area contributed by atoms with E-state index < -0.39 is 0 Å². The molecule has 2 rings (SSSR count). The topological polar surface area (TPSA) is 12.0 Å². The molecular formula is C20H27N. The Bertz CT molecular complexity index is 552. The maximum atomic E-state index is 3.58. The van der Waals surface area contributed by atoms with Crippen LogP contribution in [0.25, 0.3) is 11.1 Å². The van der Waals surface area contributed by atoms with Crippen LogP contribution in [0.2, 0.25) is 0 Å². The van der Waals surface area contributed by atoms with E-state index in [0.717, 1.165) is 13.0 Å². The molecule has 1 N–H and O–H groups in total. The first-order chi connectivity index (χ1) is 9.97. The molecule has 0 fully saturated rings. The molecule has 0 spiro atoms. The predicted octanol–water partition coefficient (Wildman–Crippen LogP) is 5.24. The Morgan fingerprint density at radius 3 is 2.19 bits per heavy atom. The van der Waals surface area contributed by atoms with E-state index in [1.807, 2.05) is 0 Å². The van der Waals surface area contributed by atoms with Gasteiger partial charge in [-0.1, -0.05) is 61.5 Å². The van der Waals surface area contributed by atoms with Crippen molar-refractivity contribution in [2.75, 3.05) is 6.54 Å². The highest BCUT2D eigenvalue weighted by Gasteiger charge is 2.13. The van der Waals surface area contributed by atoms with Crippen LogP contribution in [-0.2, 0) is 0 Å². The normalized spacial score (nSPS) is 13.1. The first-order valence-electron chi connectivity index (χ1n) is 7.87. The van der Waals surface area contributed by atoms with E-state index in [2.05, 4.69) is 87.6 Å². The van der Waals surface area contributed by atoms with Gasteiger partial charge in [-0.15, -0.1) is 0 Å². The summed E-state index contributed by atoms with van der Waals surface area (Å²) in [6.45, 7) is 10.0. The molecule has 0 aliphatic rings. The lowest BCUT2D eigenvalue weighted by Gasteiger charge is -2.23. The minimum absolute atomic E-state index is 0.193. The van der Waals surface area contributed by atoms with Gasteiger partial charge in [-0.3, -0.25) is 0 Å². The summed E-state index contributed by atoms with van der Waals surface area (Å²) in [6.07, 6.45) is 1.15. The van der Waals surface area contributed by atoms with Crippen molar-refractivity contribution in [2.45, 2.75) is 45.6 Å². The number of hydrogen-bond donors (Lipinski definition) is 1. The van der Waals surface area contributed by atoms with E-state index in [-0.39, 0.29) is 5.54 Å². The summed E-state index contributed by atoms with van der Waals surface area (Å²) in [5, 5.41) is 3.58. The number of hydrogen-bond acceptors (Lipinski definition) is 1.